The number of nitrogens with zero attached hydrogens (tertiary/aromatic N) is 2. The van der Waals surface area contributed by atoms with Crippen molar-refractivity contribution in [2.24, 2.45) is 0 Å². The molecule has 1 N–H and O–H groups in total. The molecule has 0 aromatic carbocycles. The number of aromatic nitrogens is 1. The molecule has 0 saturated carbocycles. The molecule has 0 saturated heterocycles. The Labute approximate surface area is 95.9 Å². The van der Waals surface area contributed by atoms with Gasteiger partial charge in [-0.1, -0.05) is 13.3 Å². The first-order chi connectivity index (χ1) is 7.70. The van der Waals surface area contributed by atoms with Crippen molar-refractivity contribution in [2.45, 2.75) is 26.7 Å². The molecular formula is C12H18N2O2. The Morgan fingerprint density at radius 1 is 1.50 bits per heavy atom. The molecule has 1 aromatic heterocycles. The van der Waals surface area contributed by atoms with Gasteiger partial charge in [0.25, 0.3) is 0 Å². The van der Waals surface area contributed by atoms with Crippen LogP contribution in [0.4, 0.5) is 5.69 Å². The van der Waals surface area contributed by atoms with E-state index in [0.29, 0.717) is 0 Å². The average molecular weight is 222 g/mol. The summed E-state index contributed by atoms with van der Waals surface area (Å²) in [5, 5.41) is 9.07. The summed E-state index contributed by atoms with van der Waals surface area (Å²) in [5.74, 6) is -0.918. The number of carbonyl (C=O) groups is 1. The molecule has 0 fully saturated rings. The fraction of sp³-hybridized carbons (Fsp3) is 0.500. The van der Waals surface area contributed by atoms with Crippen molar-refractivity contribution in [3.05, 3.63) is 24.0 Å². The van der Waals surface area contributed by atoms with Gasteiger partial charge in [-0.2, -0.15) is 0 Å². The van der Waals surface area contributed by atoms with E-state index in [4.69, 9.17) is 5.11 Å². The molecule has 0 radical (unpaired) electrons. The summed E-state index contributed by atoms with van der Waals surface area (Å²) < 4.78 is 0. The quantitative estimate of drug-likeness (QED) is 0.803. The summed E-state index contributed by atoms with van der Waals surface area (Å²) in [4.78, 5) is 17.0. The van der Waals surface area contributed by atoms with Gasteiger partial charge in [-0.15, -0.1) is 0 Å². The van der Waals surface area contributed by atoms with Gasteiger partial charge in [-0.3, -0.25) is 4.98 Å². The normalized spacial score (nSPS) is 10.1. The van der Waals surface area contributed by atoms with Gasteiger partial charge in [0, 0.05) is 25.5 Å². The van der Waals surface area contributed by atoms with Crippen LogP contribution in [-0.2, 0) is 0 Å². The molecule has 16 heavy (non-hydrogen) atoms. The molecule has 4 heteroatoms. The maximum atomic E-state index is 11.0. The number of rotatable bonds is 6. The van der Waals surface area contributed by atoms with E-state index in [9.17, 15) is 4.79 Å². The molecule has 4 nitrogen and oxygen atoms in total. The van der Waals surface area contributed by atoms with Gasteiger partial charge in [-0.25, -0.2) is 4.79 Å². The molecule has 1 heterocycles. The minimum absolute atomic E-state index is 0.278. The van der Waals surface area contributed by atoms with Crippen molar-refractivity contribution < 1.29 is 9.90 Å². The Morgan fingerprint density at radius 2 is 2.25 bits per heavy atom. The summed E-state index contributed by atoms with van der Waals surface area (Å²) in [6.45, 7) is 5.85. The second kappa shape index (κ2) is 6.10. The molecule has 0 aliphatic rings. The van der Waals surface area contributed by atoms with E-state index in [-0.39, 0.29) is 5.56 Å². The lowest BCUT2D eigenvalue weighted by molar-refractivity contribution is 0.0697. The van der Waals surface area contributed by atoms with Crippen LogP contribution in [0.25, 0.3) is 0 Å². The number of hydrogen-bond acceptors (Lipinski definition) is 3. The highest BCUT2D eigenvalue weighted by atomic mass is 16.4. The van der Waals surface area contributed by atoms with Crippen molar-refractivity contribution in [3.63, 3.8) is 0 Å². The zero-order valence-electron chi connectivity index (χ0n) is 9.81. The highest BCUT2D eigenvalue weighted by Gasteiger charge is 2.14. The van der Waals surface area contributed by atoms with Crippen molar-refractivity contribution in [2.75, 3.05) is 18.0 Å². The highest BCUT2D eigenvalue weighted by Crippen LogP contribution is 2.19. The van der Waals surface area contributed by atoms with Gasteiger partial charge in [0.1, 0.15) is 5.56 Å². The first-order valence-corrected chi connectivity index (χ1v) is 5.63. The molecule has 1 aromatic rings. The molecule has 0 aliphatic carbocycles. The van der Waals surface area contributed by atoms with E-state index >= 15 is 0 Å². The average Bonchev–Trinajstić information content (AvgIpc) is 2.30. The molecule has 0 aliphatic heterocycles. The first kappa shape index (κ1) is 12.5. The highest BCUT2D eigenvalue weighted by molar-refractivity contribution is 5.94. The van der Waals surface area contributed by atoms with Gasteiger partial charge in [0.15, 0.2) is 0 Å². The first-order valence-electron chi connectivity index (χ1n) is 5.63. The monoisotopic (exact) mass is 222 g/mol. The SMILES string of the molecule is CCCCN(CC)c1ccncc1C(=O)O. The van der Waals surface area contributed by atoms with E-state index in [2.05, 4.69) is 16.8 Å². The van der Waals surface area contributed by atoms with Gasteiger partial charge in [0.05, 0.1) is 5.69 Å². The molecule has 0 unspecified atom stereocenters. The standard InChI is InChI=1S/C12H18N2O2/c1-3-5-8-14(4-2)11-6-7-13-9-10(11)12(15)16/h6-7,9H,3-5,8H2,1-2H3,(H,15,16). The Morgan fingerprint density at radius 3 is 2.81 bits per heavy atom. The Balaban J connectivity index is 2.94. The molecule has 0 amide bonds. The van der Waals surface area contributed by atoms with E-state index < -0.39 is 5.97 Å². The third kappa shape index (κ3) is 2.95. The lowest BCUT2D eigenvalue weighted by atomic mass is 10.2. The van der Waals surface area contributed by atoms with Gasteiger partial charge >= 0.3 is 5.97 Å². The molecule has 0 atom stereocenters. The van der Waals surface area contributed by atoms with E-state index in [1.807, 2.05) is 6.92 Å². The van der Waals surface area contributed by atoms with E-state index in [1.165, 1.54) is 6.20 Å². The predicted molar refractivity (Wildman–Crippen MR) is 64.0 cm³/mol. The van der Waals surface area contributed by atoms with Crippen LogP contribution in [0.2, 0.25) is 0 Å². The molecule has 88 valence electrons. The van der Waals surface area contributed by atoms with E-state index in [1.54, 1.807) is 12.3 Å². The summed E-state index contributed by atoms with van der Waals surface area (Å²) in [7, 11) is 0. The van der Waals surface area contributed by atoms with Crippen LogP contribution in [0.3, 0.4) is 0 Å². The van der Waals surface area contributed by atoms with Crippen LogP contribution in [0, 0.1) is 0 Å². The smallest absolute Gasteiger partial charge is 0.339 e. The number of anilines is 1. The lowest BCUT2D eigenvalue weighted by Crippen LogP contribution is -2.25. The maximum Gasteiger partial charge on any atom is 0.339 e. The van der Waals surface area contributed by atoms with Crippen LogP contribution in [0.5, 0.6) is 0 Å². The summed E-state index contributed by atoms with van der Waals surface area (Å²) in [6.07, 6.45) is 5.21. The number of pyridine rings is 1. The number of aromatic carboxylic acids is 1. The zero-order valence-corrected chi connectivity index (χ0v) is 9.81. The Bertz CT molecular complexity index is 353. The molecule has 0 spiro atoms. The minimum atomic E-state index is -0.918. The second-order valence-corrected chi connectivity index (χ2v) is 3.63. The number of hydrogen-bond donors (Lipinski definition) is 1. The predicted octanol–water partition coefficient (Wildman–Crippen LogP) is 2.41. The van der Waals surface area contributed by atoms with Crippen molar-refractivity contribution >= 4 is 11.7 Å². The molecule has 0 bridgehead atoms. The van der Waals surface area contributed by atoms with Crippen LogP contribution < -0.4 is 4.90 Å². The maximum absolute atomic E-state index is 11.0. The lowest BCUT2D eigenvalue weighted by Gasteiger charge is -2.24. The van der Waals surface area contributed by atoms with Crippen LogP contribution in [0.1, 0.15) is 37.0 Å². The van der Waals surface area contributed by atoms with Gasteiger partial charge in [0.2, 0.25) is 0 Å². The van der Waals surface area contributed by atoms with Crippen LogP contribution in [0.15, 0.2) is 18.5 Å². The van der Waals surface area contributed by atoms with Crippen LogP contribution >= 0.6 is 0 Å². The molecular weight excluding hydrogens is 204 g/mol. The number of unbranched alkanes of at least 4 members (excludes halogenated alkanes) is 1. The summed E-state index contributed by atoms with van der Waals surface area (Å²) >= 11 is 0. The molecule has 1 rings (SSSR count). The van der Waals surface area contributed by atoms with Crippen molar-refractivity contribution in [1.82, 2.24) is 4.98 Å². The van der Waals surface area contributed by atoms with Gasteiger partial charge < -0.3 is 10.0 Å². The number of carboxylic acids is 1. The zero-order chi connectivity index (χ0) is 12.0. The number of carboxylic acid groups (broad SMARTS) is 1. The van der Waals surface area contributed by atoms with E-state index in [0.717, 1.165) is 31.6 Å². The summed E-state index contributed by atoms with van der Waals surface area (Å²) in [6, 6.07) is 1.77. The fourth-order valence-electron chi connectivity index (χ4n) is 1.63. The summed E-state index contributed by atoms with van der Waals surface area (Å²) in [5.41, 5.74) is 1.04. The third-order valence-electron chi connectivity index (χ3n) is 2.53. The second-order valence-electron chi connectivity index (χ2n) is 3.63. The fourth-order valence-corrected chi connectivity index (χ4v) is 1.63. The Hall–Kier alpha value is -1.58. The topological polar surface area (TPSA) is 53.4 Å². The van der Waals surface area contributed by atoms with Gasteiger partial charge in [-0.05, 0) is 19.4 Å². The Kier molecular flexibility index (Phi) is 4.76. The minimum Gasteiger partial charge on any atom is -0.478 e. The van der Waals surface area contributed by atoms with Crippen molar-refractivity contribution in [3.8, 4) is 0 Å². The van der Waals surface area contributed by atoms with Crippen molar-refractivity contribution in [1.29, 1.82) is 0 Å². The largest absolute Gasteiger partial charge is 0.478 e. The third-order valence-corrected chi connectivity index (χ3v) is 2.53. The van der Waals surface area contributed by atoms with Crippen LogP contribution in [-0.4, -0.2) is 29.1 Å².